The molecule has 18 heavy (non-hydrogen) atoms. The van der Waals surface area contributed by atoms with Crippen LogP contribution < -0.4 is 10.5 Å². The number of hydrogen-bond donors (Lipinski definition) is 1. The van der Waals surface area contributed by atoms with E-state index < -0.39 is 0 Å². The van der Waals surface area contributed by atoms with E-state index in [1.807, 2.05) is 31.2 Å². The molecule has 2 rings (SSSR count). The predicted octanol–water partition coefficient (Wildman–Crippen LogP) is 4.06. The SMILES string of the molecule is Cc1c(N)cccc1OCc1cc(F)cc(Br)c1. The van der Waals surface area contributed by atoms with Crippen LogP contribution in [0.3, 0.4) is 0 Å². The molecular weight excluding hydrogens is 297 g/mol. The van der Waals surface area contributed by atoms with Crippen molar-refractivity contribution in [3.63, 3.8) is 0 Å². The van der Waals surface area contributed by atoms with Crippen LogP contribution in [0, 0.1) is 12.7 Å². The molecule has 0 saturated carbocycles. The molecule has 4 heteroatoms. The highest BCUT2D eigenvalue weighted by molar-refractivity contribution is 9.10. The molecule has 0 heterocycles. The molecule has 2 N–H and O–H groups in total. The number of hydrogen-bond acceptors (Lipinski definition) is 2. The zero-order valence-corrected chi connectivity index (χ0v) is 11.5. The molecule has 0 aliphatic rings. The fourth-order valence-electron chi connectivity index (χ4n) is 1.64. The molecule has 0 fully saturated rings. The summed E-state index contributed by atoms with van der Waals surface area (Å²) in [7, 11) is 0. The molecular formula is C14H13BrFNO. The summed E-state index contributed by atoms with van der Waals surface area (Å²) in [6, 6.07) is 10.2. The molecule has 0 unspecified atom stereocenters. The lowest BCUT2D eigenvalue weighted by molar-refractivity contribution is 0.303. The first kappa shape index (κ1) is 12.9. The molecule has 2 nitrogen and oxygen atoms in total. The minimum absolute atomic E-state index is 0.285. The molecule has 2 aromatic rings. The molecule has 0 aromatic heterocycles. The van der Waals surface area contributed by atoms with Crippen LogP contribution in [0.4, 0.5) is 10.1 Å². The normalized spacial score (nSPS) is 10.4. The Morgan fingerprint density at radius 3 is 2.78 bits per heavy atom. The Morgan fingerprint density at radius 1 is 1.28 bits per heavy atom. The molecule has 0 aliphatic heterocycles. The topological polar surface area (TPSA) is 35.2 Å². The summed E-state index contributed by atoms with van der Waals surface area (Å²) >= 11 is 3.25. The van der Waals surface area contributed by atoms with Crippen LogP contribution in [0.2, 0.25) is 0 Å². The van der Waals surface area contributed by atoms with Gasteiger partial charge >= 0.3 is 0 Å². The van der Waals surface area contributed by atoms with Gasteiger partial charge in [0.25, 0.3) is 0 Å². The van der Waals surface area contributed by atoms with Crippen LogP contribution in [-0.4, -0.2) is 0 Å². The molecule has 0 aliphatic carbocycles. The van der Waals surface area contributed by atoms with Gasteiger partial charge in [0.15, 0.2) is 0 Å². The lowest BCUT2D eigenvalue weighted by Gasteiger charge is -2.11. The average molecular weight is 310 g/mol. The van der Waals surface area contributed by atoms with E-state index in [9.17, 15) is 4.39 Å². The third-order valence-electron chi connectivity index (χ3n) is 2.64. The van der Waals surface area contributed by atoms with Crippen LogP contribution in [0.5, 0.6) is 5.75 Å². The fourth-order valence-corrected chi connectivity index (χ4v) is 2.16. The smallest absolute Gasteiger partial charge is 0.124 e. The highest BCUT2D eigenvalue weighted by Crippen LogP contribution is 2.24. The zero-order valence-electron chi connectivity index (χ0n) is 9.91. The van der Waals surface area contributed by atoms with Gasteiger partial charge in [-0.05, 0) is 42.8 Å². The molecule has 0 amide bonds. The van der Waals surface area contributed by atoms with Gasteiger partial charge in [0.1, 0.15) is 18.2 Å². The number of benzene rings is 2. The van der Waals surface area contributed by atoms with Crippen molar-refractivity contribution in [3.8, 4) is 5.75 Å². The second kappa shape index (κ2) is 5.40. The van der Waals surface area contributed by atoms with E-state index in [2.05, 4.69) is 15.9 Å². The summed E-state index contributed by atoms with van der Waals surface area (Å²) in [5.74, 6) is 0.433. The van der Waals surface area contributed by atoms with Gasteiger partial charge < -0.3 is 10.5 Å². The van der Waals surface area contributed by atoms with E-state index in [1.54, 1.807) is 0 Å². The summed E-state index contributed by atoms with van der Waals surface area (Å²) in [4.78, 5) is 0. The van der Waals surface area contributed by atoms with Gasteiger partial charge in [0.05, 0.1) is 0 Å². The zero-order chi connectivity index (χ0) is 13.1. The largest absolute Gasteiger partial charge is 0.489 e. The first-order valence-corrected chi connectivity index (χ1v) is 6.28. The first-order chi connectivity index (χ1) is 8.56. The number of ether oxygens (including phenoxy) is 1. The Labute approximate surface area is 114 Å². The van der Waals surface area contributed by atoms with E-state index in [-0.39, 0.29) is 5.82 Å². The minimum Gasteiger partial charge on any atom is -0.489 e. The predicted molar refractivity (Wildman–Crippen MR) is 74.0 cm³/mol. The standard InChI is InChI=1S/C14H13BrFNO/c1-9-13(17)3-2-4-14(9)18-8-10-5-11(15)7-12(16)6-10/h2-7H,8,17H2,1H3. The van der Waals surface area contributed by atoms with Crippen molar-refractivity contribution in [2.45, 2.75) is 13.5 Å². The Morgan fingerprint density at radius 2 is 2.06 bits per heavy atom. The van der Waals surface area contributed by atoms with E-state index in [0.717, 1.165) is 16.9 Å². The monoisotopic (exact) mass is 309 g/mol. The highest BCUT2D eigenvalue weighted by atomic mass is 79.9. The highest BCUT2D eigenvalue weighted by Gasteiger charge is 2.04. The maximum atomic E-state index is 13.2. The van der Waals surface area contributed by atoms with Gasteiger partial charge in [0, 0.05) is 15.7 Å². The Kier molecular flexibility index (Phi) is 3.87. The first-order valence-electron chi connectivity index (χ1n) is 5.49. The molecule has 2 aromatic carbocycles. The molecule has 0 saturated heterocycles. The van der Waals surface area contributed by atoms with Crippen LogP contribution >= 0.6 is 15.9 Å². The van der Waals surface area contributed by atoms with Gasteiger partial charge in [-0.1, -0.05) is 22.0 Å². The van der Waals surface area contributed by atoms with E-state index in [1.165, 1.54) is 12.1 Å². The molecule has 0 spiro atoms. The number of anilines is 1. The van der Waals surface area contributed by atoms with E-state index in [4.69, 9.17) is 10.5 Å². The molecule has 0 radical (unpaired) electrons. The summed E-state index contributed by atoms with van der Waals surface area (Å²) in [6.45, 7) is 2.20. The molecule has 0 atom stereocenters. The van der Waals surface area contributed by atoms with E-state index in [0.29, 0.717) is 16.8 Å². The van der Waals surface area contributed by atoms with Gasteiger partial charge in [-0.15, -0.1) is 0 Å². The number of rotatable bonds is 3. The third-order valence-corrected chi connectivity index (χ3v) is 3.10. The average Bonchev–Trinajstić information content (AvgIpc) is 2.30. The van der Waals surface area contributed by atoms with Gasteiger partial charge in [-0.3, -0.25) is 0 Å². The second-order valence-corrected chi connectivity index (χ2v) is 4.95. The van der Waals surface area contributed by atoms with Crippen molar-refractivity contribution in [1.29, 1.82) is 0 Å². The summed E-state index contributed by atoms with van der Waals surface area (Å²) in [5.41, 5.74) is 8.14. The molecule has 0 bridgehead atoms. The van der Waals surface area contributed by atoms with Crippen LogP contribution in [0.25, 0.3) is 0 Å². The van der Waals surface area contributed by atoms with Crippen molar-refractivity contribution < 1.29 is 9.13 Å². The molecule has 94 valence electrons. The second-order valence-electron chi connectivity index (χ2n) is 4.04. The fraction of sp³-hybridized carbons (Fsp3) is 0.143. The van der Waals surface area contributed by atoms with Gasteiger partial charge in [-0.25, -0.2) is 4.39 Å². The van der Waals surface area contributed by atoms with Crippen molar-refractivity contribution >= 4 is 21.6 Å². The number of nitrogens with two attached hydrogens (primary N) is 1. The Bertz CT molecular complexity index is 551. The van der Waals surface area contributed by atoms with Crippen LogP contribution in [0.15, 0.2) is 40.9 Å². The minimum atomic E-state index is -0.285. The number of nitrogen functional groups attached to an aromatic ring is 1. The summed E-state index contributed by atoms with van der Waals surface area (Å²) in [6.07, 6.45) is 0. The van der Waals surface area contributed by atoms with Crippen LogP contribution in [-0.2, 0) is 6.61 Å². The van der Waals surface area contributed by atoms with Crippen LogP contribution in [0.1, 0.15) is 11.1 Å². The third kappa shape index (κ3) is 3.01. The lowest BCUT2D eigenvalue weighted by atomic mass is 10.2. The van der Waals surface area contributed by atoms with Gasteiger partial charge in [0.2, 0.25) is 0 Å². The lowest BCUT2D eigenvalue weighted by Crippen LogP contribution is -1.99. The Hall–Kier alpha value is -1.55. The quantitative estimate of drug-likeness (QED) is 0.868. The van der Waals surface area contributed by atoms with Crippen molar-refractivity contribution in [2.75, 3.05) is 5.73 Å². The van der Waals surface area contributed by atoms with Gasteiger partial charge in [-0.2, -0.15) is 0 Å². The van der Waals surface area contributed by atoms with Crippen molar-refractivity contribution in [3.05, 3.63) is 57.8 Å². The van der Waals surface area contributed by atoms with Crippen molar-refractivity contribution in [2.24, 2.45) is 0 Å². The number of halogens is 2. The Balaban J connectivity index is 2.14. The maximum absolute atomic E-state index is 13.2. The summed E-state index contributed by atoms with van der Waals surface area (Å²) in [5, 5.41) is 0. The van der Waals surface area contributed by atoms with E-state index >= 15 is 0 Å². The maximum Gasteiger partial charge on any atom is 0.124 e. The summed E-state index contributed by atoms with van der Waals surface area (Å²) < 4.78 is 19.5. The van der Waals surface area contributed by atoms with Crippen molar-refractivity contribution in [1.82, 2.24) is 0 Å².